The highest BCUT2D eigenvalue weighted by Crippen LogP contribution is 2.52. The zero-order chi connectivity index (χ0) is 19.3. The van der Waals surface area contributed by atoms with E-state index < -0.39 is 0 Å². The molecule has 1 aromatic carbocycles. The van der Waals surface area contributed by atoms with E-state index in [-0.39, 0.29) is 36.1 Å². The van der Waals surface area contributed by atoms with E-state index in [1.807, 2.05) is 18.2 Å². The molecule has 0 aromatic heterocycles. The van der Waals surface area contributed by atoms with Gasteiger partial charge in [0.15, 0.2) is 0 Å². The molecule has 4 heteroatoms. The second-order valence-corrected chi connectivity index (χ2v) is 9.00. The largest absolute Gasteiger partial charge is 0.458 e. The molecule has 4 nitrogen and oxygen atoms in total. The number of allylic oxidation sites excluding steroid dienone is 2. The van der Waals surface area contributed by atoms with Crippen LogP contribution in [0, 0.1) is 23.7 Å². The standard InChI is InChI=1S/C24H28O4/c1-14-21-20(27-14)11-10-18-19(25)13-15-6-5-9-17(12-15)23(22(18)21)28-24(26)16-7-3-2-4-8-16/h2-4,6-8,14,17-18,20-23H,5,9-13H2,1H3. The lowest BCUT2D eigenvalue weighted by molar-refractivity contribution is -0.239. The predicted octanol–water partition coefficient (Wildman–Crippen LogP) is 4.34. The summed E-state index contributed by atoms with van der Waals surface area (Å²) in [6.45, 7) is 2.11. The Hall–Kier alpha value is -1.94. The Morgan fingerprint density at radius 2 is 1.93 bits per heavy atom. The molecule has 3 fully saturated rings. The van der Waals surface area contributed by atoms with Crippen LogP contribution in [-0.4, -0.2) is 30.1 Å². The normalized spacial score (nSPS) is 39.4. The molecule has 4 aliphatic rings. The zero-order valence-electron chi connectivity index (χ0n) is 16.4. The van der Waals surface area contributed by atoms with Crippen LogP contribution in [0.4, 0.5) is 0 Å². The second kappa shape index (κ2) is 7.14. The van der Waals surface area contributed by atoms with Crippen molar-refractivity contribution in [2.45, 2.75) is 63.8 Å². The molecule has 3 aliphatic carbocycles. The third-order valence-electron chi connectivity index (χ3n) is 7.44. The van der Waals surface area contributed by atoms with Gasteiger partial charge in [0.2, 0.25) is 0 Å². The van der Waals surface area contributed by atoms with E-state index in [4.69, 9.17) is 9.47 Å². The van der Waals surface area contributed by atoms with Crippen molar-refractivity contribution >= 4 is 11.8 Å². The van der Waals surface area contributed by atoms with Crippen molar-refractivity contribution in [1.29, 1.82) is 0 Å². The van der Waals surface area contributed by atoms with Gasteiger partial charge in [-0.2, -0.15) is 0 Å². The van der Waals surface area contributed by atoms with Gasteiger partial charge in [-0.05, 0) is 51.2 Å². The summed E-state index contributed by atoms with van der Waals surface area (Å²) in [5, 5.41) is 0. The summed E-state index contributed by atoms with van der Waals surface area (Å²) in [5.41, 5.74) is 1.84. The summed E-state index contributed by atoms with van der Waals surface area (Å²) >= 11 is 0. The lowest BCUT2D eigenvalue weighted by Crippen LogP contribution is -2.61. The van der Waals surface area contributed by atoms with Gasteiger partial charge in [0.25, 0.3) is 0 Å². The van der Waals surface area contributed by atoms with Crippen molar-refractivity contribution in [2.24, 2.45) is 23.7 Å². The average Bonchev–Trinajstić information content (AvgIpc) is 2.70. The van der Waals surface area contributed by atoms with Gasteiger partial charge in [0.05, 0.1) is 17.8 Å². The van der Waals surface area contributed by atoms with Crippen molar-refractivity contribution in [3.05, 3.63) is 47.5 Å². The fraction of sp³-hybridized carbons (Fsp3) is 0.583. The van der Waals surface area contributed by atoms with Gasteiger partial charge < -0.3 is 9.47 Å². The van der Waals surface area contributed by atoms with Gasteiger partial charge in [-0.1, -0.05) is 29.8 Å². The van der Waals surface area contributed by atoms with Crippen LogP contribution in [0.15, 0.2) is 42.0 Å². The minimum absolute atomic E-state index is 0.00882. The third-order valence-corrected chi connectivity index (χ3v) is 7.44. The van der Waals surface area contributed by atoms with E-state index in [0.717, 1.165) is 32.1 Å². The van der Waals surface area contributed by atoms with Crippen LogP contribution in [0.3, 0.4) is 0 Å². The Bertz CT molecular complexity index is 798. The minimum atomic E-state index is -0.261. The number of fused-ring (bicyclic) bond motifs is 5. The fourth-order valence-corrected chi connectivity index (χ4v) is 6.18. The Morgan fingerprint density at radius 1 is 1.11 bits per heavy atom. The molecule has 0 spiro atoms. The molecule has 7 atom stereocenters. The van der Waals surface area contributed by atoms with E-state index in [1.54, 1.807) is 12.1 Å². The first-order valence-electron chi connectivity index (χ1n) is 10.7. The summed E-state index contributed by atoms with van der Waals surface area (Å²) < 4.78 is 12.2. The predicted molar refractivity (Wildman–Crippen MR) is 105 cm³/mol. The Kier molecular flexibility index (Phi) is 4.62. The molecule has 5 rings (SSSR count). The molecule has 2 bridgehead atoms. The van der Waals surface area contributed by atoms with Crippen molar-refractivity contribution in [3.63, 3.8) is 0 Å². The lowest BCUT2D eigenvalue weighted by Gasteiger charge is -2.56. The number of benzene rings is 1. The molecule has 7 unspecified atom stereocenters. The third kappa shape index (κ3) is 3.02. The molecular formula is C24H28O4. The van der Waals surface area contributed by atoms with E-state index in [0.29, 0.717) is 29.6 Å². The average molecular weight is 380 g/mol. The molecule has 2 saturated carbocycles. The van der Waals surface area contributed by atoms with Gasteiger partial charge in [0.1, 0.15) is 11.9 Å². The maximum Gasteiger partial charge on any atom is 0.338 e. The quantitative estimate of drug-likeness (QED) is 0.566. The molecule has 0 radical (unpaired) electrons. The van der Waals surface area contributed by atoms with Gasteiger partial charge in [-0.25, -0.2) is 4.79 Å². The van der Waals surface area contributed by atoms with Gasteiger partial charge in [-0.15, -0.1) is 0 Å². The van der Waals surface area contributed by atoms with Crippen LogP contribution in [0.2, 0.25) is 0 Å². The number of carbonyl (C=O) groups excluding carboxylic acids is 2. The van der Waals surface area contributed by atoms with Crippen molar-refractivity contribution < 1.29 is 19.1 Å². The summed E-state index contributed by atoms with van der Waals surface area (Å²) in [6, 6.07) is 9.23. The van der Waals surface area contributed by atoms with Gasteiger partial charge in [-0.3, -0.25) is 4.79 Å². The Balaban J connectivity index is 1.51. The Labute approximate surface area is 166 Å². The second-order valence-electron chi connectivity index (χ2n) is 9.00. The SMILES string of the molecule is CC1OC2CCC3C(=O)CC4=CCCC(C4)C(OC(=O)c4ccccc4)C3C12. The molecule has 1 saturated heterocycles. The number of ether oxygens (including phenoxy) is 2. The number of hydrogen-bond acceptors (Lipinski definition) is 4. The van der Waals surface area contributed by atoms with Crippen LogP contribution in [0.5, 0.6) is 0 Å². The smallest absolute Gasteiger partial charge is 0.338 e. The van der Waals surface area contributed by atoms with Crippen molar-refractivity contribution in [2.75, 3.05) is 0 Å². The molecule has 0 N–H and O–H groups in total. The van der Waals surface area contributed by atoms with Crippen LogP contribution < -0.4 is 0 Å². The summed E-state index contributed by atoms with van der Waals surface area (Å²) in [6.07, 6.45) is 7.68. The number of rotatable bonds is 2. The first kappa shape index (κ1) is 18.1. The zero-order valence-corrected chi connectivity index (χ0v) is 16.4. The monoisotopic (exact) mass is 380 g/mol. The molecule has 1 aromatic rings. The number of Topliss-reactive ketones (excluding diaryl/α,β-unsaturated/α-hetero) is 1. The molecule has 148 valence electrons. The summed E-state index contributed by atoms with van der Waals surface area (Å²) in [7, 11) is 0. The summed E-state index contributed by atoms with van der Waals surface area (Å²) in [5.74, 6) is 0.791. The van der Waals surface area contributed by atoms with E-state index in [2.05, 4.69) is 13.0 Å². The van der Waals surface area contributed by atoms with E-state index >= 15 is 0 Å². The molecule has 0 amide bonds. The molecule has 1 aliphatic heterocycles. The first-order valence-corrected chi connectivity index (χ1v) is 10.7. The molecule has 1 heterocycles. The minimum Gasteiger partial charge on any atom is -0.458 e. The van der Waals surface area contributed by atoms with Gasteiger partial charge in [0, 0.05) is 30.1 Å². The summed E-state index contributed by atoms with van der Waals surface area (Å²) in [4.78, 5) is 26.1. The van der Waals surface area contributed by atoms with Crippen molar-refractivity contribution in [3.8, 4) is 0 Å². The molecule has 28 heavy (non-hydrogen) atoms. The van der Waals surface area contributed by atoms with Crippen LogP contribution in [0.25, 0.3) is 0 Å². The lowest BCUT2D eigenvalue weighted by atomic mass is 9.58. The van der Waals surface area contributed by atoms with Crippen LogP contribution in [0.1, 0.15) is 55.8 Å². The van der Waals surface area contributed by atoms with E-state index in [1.165, 1.54) is 5.57 Å². The molecular weight excluding hydrogens is 352 g/mol. The maximum absolute atomic E-state index is 13.2. The first-order chi connectivity index (χ1) is 13.6. The van der Waals surface area contributed by atoms with Crippen LogP contribution >= 0.6 is 0 Å². The topological polar surface area (TPSA) is 52.6 Å². The van der Waals surface area contributed by atoms with Crippen molar-refractivity contribution in [1.82, 2.24) is 0 Å². The Morgan fingerprint density at radius 3 is 2.71 bits per heavy atom. The van der Waals surface area contributed by atoms with Crippen LogP contribution in [-0.2, 0) is 14.3 Å². The number of hydrogen-bond donors (Lipinski definition) is 0. The maximum atomic E-state index is 13.2. The highest BCUT2D eigenvalue weighted by atomic mass is 16.5. The fourth-order valence-electron chi connectivity index (χ4n) is 6.18. The number of ketones is 1. The number of carbonyl (C=O) groups is 2. The highest BCUT2D eigenvalue weighted by Gasteiger charge is 2.57. The van der Waals surface area contributed by atoms with E-state index in [9.17, 15) is 9.59 Å². The number of esters is 1. The van der Waals surface area contributed by atoms with Gasteiger partial charge >= 0.3 is 5.97 Å². The highest BCUT2D eigenvalue weighted by molar-refractivity contribution is 5.89.